The summed E-state index contributed by atoms with van der Waals surface area (Å²) >= 11 is 11.9. The molecule has 170 valence electrons. The number of ether oxygens (including phenoxy) is 1. The summed E-state index contributed by atoms with van der Waals surface area (Å²) in [5.74, 6) is -1.89. The number of carboxylic acid groups (broad SMARTS) is 1. The maximum absolute atomic E-state index is 14.4. The third kappa shape index (κ3) is 4.40. The molecular weight excluding hydrogens is 472 g/mol. The summed E-state index contributed by atoms with van der Waals surface area (Å²) in [6.07, 6.45) is -5.31. The van der Waals surface area contributed by atoms with E-state index in [-0.39, 0.29) is 44.6 Å². The molecule has 0 spiro atoms. The molecule has 32 heavy (non-hydrogen) atoms. The lowest BCUT2D eigenvalue weighted by molar-refractivity contribution is -0.227. The highest BCUT2D eigenvalue weighted by Crippen LogP contribution is 2.50. The number of benzene rings is 2. The van der Waals surface area contributed by atoms with Crippen molar-refractivity contribution in [2.45, 2.75) is 31.7 Å². The van der Waals surface area contributed by atoms with Gasteiger partial charge in [0, 0.05) is 36.0 Å². The molecule has 1 N–H and O–H groups in total. The zero-order chi connectivity index (χ0) is 23.8. The van der Waals surface area contributed by atoms with Crippen LogP contribution in [0.3, 0.4) is 0 Å². The molecule has 1 heterocycles. The molecule has 6 nitrogen and oxygen atoms in total. The molecule has 0 fully saturated rings. The number of hydrogen-bond acceptors (Lipinski definition) is 5. The molecule has 3 rings (SSSR count). The van der Waals surface area contributed by atoms with Crippen molar-refractivity contribution < 1.29 is 32.6 Å². The molecule has 2 aromatic carbocycles. The number of rotatable bonds is 5. The summed E-state index contributed by atoms with van der Waals surface area (Å²) in [5.41, 5.74) is -2.37. The van der Waals surface area contributed by atoms with Gasteiger partial charge in [-0.1, -0.05) is 29.3 Å². The average molecular weight is 489 g/mol. The highest BCUT2D eigenvalue weighted by atomic mass is 35.5. The van der Waals surface area contributed by atoms with E-state index < -0.39 is 30.1 Å². The minimum Gasteiger partial charge on any atom is -0.478 e. The van der Waals surface area contributed by atoms with Crippen LogP contribution in [0.25, 0.3) is 0 Å². The second kappa shape index (κ2) is 8.63. The summed E-state index contributed by atoms with van der Waals surface area (Å²) < 4.78 is 48.2. The molecule has 0 aliphatic carbocycles. The number of carbonyl (C=O) groups excluding carboxylic acids is 1. The molecular formula is C21H17Cl2F3N2O4. The second-order valence-corrected chi connectivity index (χ2v) is 8.09. The smallest absolute Gasteiger partial charge is 0.417 e. The Bertz CT molecular complexity index is 1100. The molecule has 11 heteroatoms. The van der Waals surface area contributed by atoms with Crippen LogP contribution in [0.1, 0.15) is 40.4 Å². The van der Waals surface area contributed by atoms with Gasteiger partial charge in [0.25, 0.3) is 0 Å². The van der Waals surface area contributed by atoms with Crippen LogP contribution in [0, 0.1) is 0 Å². The SMILES string of the molecule is CC(=O)OCc1cc(C2=NN(C)C(c3cc(Cl)cc(Cl)c3)(C(F)(F)F)C2)ccc1C(=O)O. The fourth-order valence-electron chi connectivity index (χ4n) is 3.63. The van der Waals surface area contributed by atoms with E-state index in [2.05, 4.69) is 5.10 Å². The number of nitrogens with zero attached hydrogens (tertiary/aromatic N) is 2. The van der Waals surface area contributed by atoms with Crippen molar-refractivity contribution in [3.8, 4) is 0 Å². The highest BCUT2D eigenvalue weighted by Gasteiger charge is 2.62. The van der Waals surface area contributed by atoms with Gasteiger partial charge in [0.1, 0.15) is 6.61 Å². The van der Waals surface area contributed by atoms with E-state index in [0.717, 1.165) is 11.9 Å². The minimum atomic E-state index is -4.75. The van der Waals surface area contributed by atoms with Gasteiger partial charge in [-0.2, -0.15) is 18.3 Å². The first-order valence-electron chi connectivity index (χ1n) is 9.19. The van der Waals surface area contributed by atoms with Gasteiger partial charge < -0.3 is 9.84 Å². The van der Waals surface area contributed by atoms with Crippen molar-refractivity contribution in [1.29, 1.82) is 0 Å². The lowest BCUT2D eigenvalue weighted by Gasteiger charge is -2.37. The Morgan fingerprint density at radius 1 is 1.19 bits per heavy atom. The van der Waals surface area contributed by atoms with E-state index in [1.54, 1.807) is 0 Å². The Labute approximate surface area is 191 Å². The third-order valence-corrected chi connectivity index (χ3v) is 5.59. The zero-order valence-electron chi connectivity index (χ0n) is 16.8. The molecule has 0 bridgehead atoms. The van der Waals surface area contributed by atoms with E-state index in [0.29, 0.717) is 0 Å². The van der Waals surface area contributed by atoms with Crippen LogP contribution in [0.2, 0.25) is 10.0 Å². The summed E-state index contributed by atoms with van der Waals surface area (Å²) in [4.78, 5) is 22.6. The van der Waals surface area contributed by atoms with Gasteiger partial charge in [-0.3, -0.25) is 9.80 Å². The number of carboxylic acids is 1. The van der Waals surface area contributed by atoms with Crippen LogP contribution in [-0.2, 0) is 21.7 Å². The molecule has 0 amide bonds. The highest BCUT2D eigenvalue weighted by molar-refractivity contribution is 6.34. The fourth-order valence-corrected chi connectivity index (χ4v) is 4.15. The second-order valence-electron chi connectivity index (χ2n) is 7.22. The maximum Gasteiger partial charge on any atom is 0.417 e. The quantitative estimate of drug-likeness (QED) is 0.581. The van der Waals surface area contributed by atoms with Gasteiger partial charge in [0.05, 0.1) is 11.3 Å². The first-order chi connectivity index (χ1) is 14.8. The van der Waals surface area contributed by atoms with Crippen molar-refractivity contribution in [3.05, 3.63) is 68.7 Å². The average Bonchev–Trinajstić information content (AvgIpc) is 3.03. The van der Waals surface area contributed by atoms with Crippen LogP contribution in [0.4, 0.5) is 13.2 Å². The molecule has 1 aliphatic rings. The minimum absolute atomic E-state index is 0.0486. The molecule has 1 aliphatic heterocycles. The number of halogens is 5. The number of alkyl halides is 3. The van der Waals surface area contributed by atoms with Crippen molar-refractivity contribution in [2.75, 3.05) is 7.05 Å². The number of aromatic carboxylic acids is 1. The Hall–Kier alpha value is -2.78. The van der Waals surface area contributed by atoms with Crippen molar-refractivity contribution >= 4 is 40.9 Å². The van der Waals surface area contributed by atoms with Gasteiger partial charge in [-0.25, -0.2) is 4.79 Å². The lowest BCUT2D eigenvalue weighted by atomic mass is 9.83. The Morgan fingerprint density at radius 2 is 1.81 bits per heavy atom. The summed E-state index contributed by atoms with van der Waals surface area (Å²) in [7, 11) is 1.20. The summed E-state index contributed by atoms with van der Waals surface area (Å²) in [5, 5.41) is 14.4. The van der Waals surface area contributed by atoms with E-state index in [4.69, 9.17) is 27.9 Å². The molecule has 1 unspecified atom stereocenters. The molecule has 0 saturated carbocycles. The number of esters is 1. The molecule has 2 aromatic rings. The van der Waals surface area contributed by atoms with Crippen LogP contribution in [0.5, 0.6) is 0 Å². The number of hydrazone groups is 1. The van der Waals surface area contributed by atoms with E-state index >= 15 is 0 Å². The van der Waals surface area contributed by atoms with Gasteiger partial charge in [-0.05, 0) is 41.5 Å². The first-order valence-corrected chi connectivity index (χ1v) is 9.95. The van der Waals surface area contributed by atoms with E-state index in [9.17, 15) is 27.9 Å². The third-order valence-electron chi connectivity index (χ3n) is 5.16. The largest absolute Gasteiger partial charge is 0.478 e. The lowest BCUT2D eigenvalue weighted by Crippen LogP contribution is -2.50. The van der Waals surface area contributed by atoms with Crippen molar-refractivity contribution in [2.24, 2.45) is 5.10 Å². The topological polar surface area (TPSA) is 79.2 Å². The van der Waals surface area contributed by atoms with Crippen molar-refractivity contribution in [3.63, 3.8) is 0 Å². The van der Waals surface area contributed by atoms with Crippen LogP contribution in [0.15, 0.2) is 41.5 Å². The Morgan fingerprint density at radius 3 is 2.34 bits per heavy atom. The normalized spacial score (nSPS) is 18.5. The maximum atomic E-state index is 14.4. The fraction of sp³-hybridized carbons (Fsp3) is 0.286. The predicted octanol–water partition coefficient (Wildman–Crippen LogP) is 5.25. The monoisotopic (exact) mass is 488 g/mol. The van der Waals surface area contributed by atoms with Crippen LogP contribution < -0.4 is 0 Å². The van der Waals surface area contributed by atoms with Crippen LogP contribution >= 0.6 is 23.2 Å². The molecule has 0 aromatic heterocycles. The summed E-state index contributed by atoms with van der Waals surface area (Å²) in [6, 6.07) is 7.68. The van der Waals surface area contributed by atoms with Gasteiger partial charge >= 0.3 is 18.1 Å². The molecule has 0 radical (unpaired) electrons. The number of hydrogen-bond donors (Lipinski definition) is 1. The van der Waals surface area contributed by atoms with Gasteiger partial charge in [0.15, 0.2) is 5.54 Å². The Balaban J connectivity index is 2.07. The standard InChI is InChI=1S/C21H17Cl2F3N2O4/c1-11(29)32-10-13-5-12(3-4-17(13)19(30)31)18-9-20(21(24,25)26,28(2)27-18)14-6-15(22)8-16(23)7-14/h3-8H,9-10H2,1-2H3,(H,30,31). The van der Waals surface area contributed by atoms with Crippen LogP contribution in [-0.4, -0.2) is 41.0 Å². The van der Waals surface area contributed by atoms with Gasteiger partial charge in [-0.15, -0.1) is 0 Å². The Kier molecular flexibility index (Phi) is 6.44. The van der Waals surface area contributed by atoms with Gasteiger partial charge in [0.2, 0.25) is 0 Å². The first kappa shape index (κ1) is 23.9. The molecule has 0 saturated heterocycles. The zero-order valence-corrected chi connectivity index (χ0v) is 18.3. The summed E-state index contributed by atoms with van der Waals surface area (Å²) in [6.45, 7) is 0.816. The van der Waals surface area contributed by atoms with Crippen molar-refractivity contribution in [1.82, 2.24) is 5.01 Å². The predicted molar refractivity (Wildman–Crippen MR) is 112 cm³/mol. The van der Waals surface area contributed by atoms with E-state index in [1.165, 1.54) is 43.4 Å². The molecule has 1 atom stereocenters. The van der Waals surface area contributed by atoms with E-state index in [1.807, 2.05) is 0 Å². The number of carbonyl (C=O) groups is 2.